The fourth-order valence-electron chi connectivity index (χ4n) is 4.22. The number of aliphatic imine (C=N–C) groups is 1. The molecule has 8 heteroatoms. The van der Waals surface area contributed by atoms with E-state index in [1.807, 2.05) is 49.1 Å². The van der Waals surface area contributed by atoms with E-state index in [1.54, 1.807) is 19.1 Å². The second-order valence-corrected chi connectivity index (χ2v) is 7.59. The molecule has 0 spiro atoms. The van der Waals surface area contributed by atoms with Crippen molar-refractivity contribution in [1.29, 1.82) is 0 Å². The van der Waals surface area contributed by atoms with Crippen molar-refractivity contribution in [2.75, 3.05) is 33.9 Å². The molecule has 3 amide bonds. The Morgan fingerprint density at radius 3 is 2.45 bits per heavy atom. The minimum atomic E-state index is -0.522. The van der Waals surface area contributed by atoms with Gasteiger partial charge >= 0.3 is 6.03 Å². The summed E-state index contributed by atoms with van der Waals surface area (Å²) in [6, 6.07) is 9.08. The molecule has 1 aromatic carbocycles. The van der Waals surface area contributed by atoms with Crippen LogP contribution in [0.15, 0.2) is 46.7 Å². The van der Waals surface area contributed by atoms with Gasteiger partial charge in [0.05, 0.1) is 6.61 Å². The van der Waals surface area contributed by atoms with Crippen LogP contribution in [0, 0.1) is 0 Å². The lowest BCUT2D eigenvalue weighted by Gasteiger charge is -2.40. The molecule has 0 radical (unpaired) electrons. The molecule has 4 rings (SSSR count). The molecule has 0 aromatic heterocycles. The molecular weight excluding hydrogens is 370 g/mol. The first kappa shape index (κ1) is 19.4. The lowest BCUT2D eigenvalue weighted by molar-refractivity contribution is -0.136. The molecule has 0 aliphatic carbocycles. The number of allylic oxidation sites excluding steroid dienone is 2. The van der Waals surface area contributed by atoms with E-state index >= 15 is 0 Å². The topological polar surface area (TPSA) is 68.7 Å². The summed E-state index contributed by atoms with van der Waals surface area (Å²) in [4.78, 5) is 38.1. The van der Waals surface area contributed by atoms with Gasteiger partial charge in [-0.3, -0.25) is 14.6 Å². The minimum Gasteiger partial charge on any atom is -0.383 e. The predicted octanol–water partition coefficient (Wildman–Crippen LogP) is 1.70. The Morgan fingerprint density at radius 1 is 1.03 bits per heavy atom. The van der Waals surface area contributed by atoms with Gasteiger partial charge in [-0.2, -0.15) is 0 Å². The predicted molar refractivity (Wildman–Crippen MR) is 109 cm³/mol. The van der Waals surface area contributed by atoms with Gasteiger partial charge in [0, 0.05) is 38.6 Å². The van der Waals surface area contributed by atoms with Crippen LogP contribution in [0.3, 0.4) is 0 Å². The maximum atomic E-state index is 13.4. The van der Waals surface area contributed by atoms with E-state index in [-0.39, 0.29) is 11.9 Å². The van der Waals surface area contributed by atoms with Gasteiger partial charge in [0.15, 0.2) is 12.2 Å². The van der Waals surface area contributed by atoms with E-state index in [2.05, 4.69) is 4.90 Å². The molecule has 2 atom stereocenters. The van der Waals surface area contributed by atoms with Crippen LogP contribution in [-0.4, -0.2) is 83.6 Å². The first-order chi connectivity index (χ1) is 14.0. The average Bonchev–Trinajstić information content (AvgIpc) is 3.22. The summed E-state index contributed by atoms with van der Waals surface area (Å²) in [5.74, 6) is 0.540. The quantitative estimate of drug-likeness (QED) is 0.731. The number of imide groups is 1. The van der Waals surface area contributed by atoms with Crippen LogP contribution < -0.4 is 0 Å². The summed E-state index contributed by atoms with van der Waals surface area (Å²) in [6.45, 7) is 5.58. The van der Waals surface area contributed by atoms with Gasteiger partial charge in [0.1, 0.15) is 0 Å². The lowest BCUT2D eigenvalue weighted by atomic mass is 10.1. The van der Waals surface area contributed by atoms with Crippen LogP contribution in [0.4, 0.5) is 4.79 Å². The molecule has 3 aliphatic rings. The Morgan fingerprint density at radius 2 is 1.76 bits per heavy atom. The highest BCUT2D eigenvalue weighted by atomic mass is 16.5. The van der Waals surface area contributed by atoms with Gasteiger partial charge in [-0.05, 0) is 25.8 Å². The van der Waals surface area contributed by atoms with Crippen LogP contribution in [0.5, 0.6) is 0 Å². The molecule has 29 heavy (non-hydrogen) atoms. The van der Waals surface area contributed by atoms with Gasteiger partial charge in [0.2, 0.25) is 5.96 Å². The fraction of sp³-hybridized carbons (Fsp3) is 0.476. The number of benzene rings is 1. The number of fused-ring (bicyclic) bond motifs is 3. The number of methoxy groups -OCH3 is 1. The number of carbonyl (C=O) groups excluding carboxylic acids is 2. The molecule has 0 bridgehead atoms. The molecule has 3 heterocycles. The zero-order valence-electron chi connectivity index (χ0n) is 17.3. The molecule has 154 valence electrons. The maximum Gasteiger partial charge on any atom is 0.328 e. The van der Waals surface area contributed by atoms with Gasteiger partial charge in [-0.25, -0.2) is 9.79 Å². The van der Waals surface area contributed by atoms with E-state index in [1.165, 1.54) is 4.90 Å². The molecule has 3 aliphatic heterocycles. The summed E-state index contributed by atoms with van der Waals surface area (Å²) < 4.78 is 5.23. The number of urea groups is 1. The van der Waals surface area contributed by atoms with Crippen molar-refractivity contribution in [2.24, 2.45) is 4.99 Å². The molecule has 2 unspecified atom stereocenters. The van der Waals surface area contributed by atoms with E-state index < -0.39 is 12.2 Å². The highest BCUT2D eigenvalue weighted by Gasteiger charge is 2.55. The van der Waals surface area contributed by atoms with E-state index in [4.69, 9.17) is 9.73 Å². The van der Waals surface area contributed by atoms with Crippen molar-refractivity contribution in [3.8, 4) is 0 Å². The normalized spacial score (nSPS) is 23.8. The second kappa shape index (κ2) is 7.51. The zero-order valence-corrected chi connectivity index (χ0v) is 17.3. The Hall–Kier alpha value is -2.87. The average molecular weight is 397 g/mol. The largest absolute Gasteiger partial charge is 0.383 e. The number of rotatable bonds is 6. The summed E-state index contributed by atoms with van der Waals surface area (Å²) in [6.07, 6.45) is 0.122. The Balaban J connectivity index is 1.59. The number of likely N-dealkylation sites (N-methyl/N-ethyl adjacent to an activating group) is 1. The number of guanidine groups is 1. The third-order valence-corrected chi connectivity index (χ3v) is 5.99. The number of amides is 3. The Kier molecular flexibility index (Phi) is 5.04. The van der Waals surface area contributed by atoms with Crippen molar-refractivity contribution in [2.45, 2.75) is 32.5 Å². The molecule has 0 N–H and O–H groups in total. The molecule has 0 saturated carbocycles. The van der Waals surface area contributed by atoms with Crippen molar-refractivity contribution in [3.63, 3.8) is 0 Å². The maximum absolute atomic E-state index is 13.4. The molecule has 1 aromatic rings. The van der Waals surface area contributed by atoms with Gasteiger partial charge in [-0.15, -0.1) is 0 Å². The molecule has 1 fully saturated rings. The third-order valence-electron chi connectivity index (χ3n) is 5.99. The fourth-order valence-corrected chi connectivity index (χ4v) is 4.22. The van der Waals surface area contributed by atoms with Crippen LogP contribution in [0.1, 0.15) is 19.4 Å². The SMILES string of the molecule is COCCN1C2=NC3C(C(=O)N(CCc4ccccc4)C(=O)N3C)N2C(C)=C1C. The van der Waals surface area contributed by atoms with Crippen molar-refractivity contribution in [3.05, 3.63) is 47.3 Å². The van der Waals surface area contributed by atoms with E-state index in [0.717, 1.165) is 22.9 Å². The highest BCUT2D eigenvalue weighted by Crippen LogP contribution is 2.37. The summed E-state index contributed by atoms with van der Waals surface area (Å²) in [5.41, 5.74) is 3.15. The first-order valence-corrected chi connectivity index (χ1v) is 9.88. The van der Waals surface area contributed by atoms with Crippen LogP contribution in [-0.2, 0) is 16.0 Å². The van der Waals surface area contributed by atoms with Crippen LogP contribution in [0.25, 0.3) is 0 Å². The summed E-state index contributed by atoms with van der Waals surface area (Å²) >= 11 is 0. The van der Waals surface area contributed by atoms with Crippen molar-refractivity contribution < 1.29 is 14.3 Å². The second-order valence-electron chi connectivity index (χ2n) is 7.59. The van der Waals surface area contributed by atoms with Gasteiger partial charge in [-0.1, -0.05) is 30.3 Å². The molecule has 8 nitrogen and oxygen atoms in total. The zero-order chi connectivity index (χ0) is 20.7. The number of hydrogen-bond acceptors (Lipinski definition) is 6. The number of hydrogen-bond donors (Lipinski definition) is 0. The van der Waals surface area contributed by atoms with Crippen LogP contribution >= 0.6 is 0 Å². The highest BCUT2D eigenvalue weighted by molar-refractivity contribution is 6.05. The van der Waals surface area contributed by atoms with E-state index in [9.17, 15) is 9.59 Å². The third kappa shape index (κ3) is 3.07. The van der Waals surface area contributed by atoms with Crippen molar-refractivity contribution in [1.82, 2.24) is 19.6 Å². The Labute approximate surface area is 171 Å². The number of ether oxygens (including phenoxy) is 1. The molecule has 1 saturated heterocycles. The number of carbonyl (C=O) groups is 2. The lowest BCUT2D eigenvalue weighted by Crippen LogP contribution is -2.64. The monoisotopic (exact) mass is 397 g/mol. The van der Waals surface area contributed by atoms with Gasteiger partial charge in [0.25, 0.3) is 5.91 Å². The summed E-state index contributed by atoms with van der Waals surface area (Å²) in [7, 11) is 3.39. The first-order valence-electron chi connectivity index (χ1n) is 9.88. The smallest absolute Gasteiger partial charge is 0.328 e. The Bertz CT molecular complexity index is 882. The van der Waals surface area contributed by atoms with E-state index in [0.29, 0.717) is 26.1 Å². The number of nitrogens with zero attached hydrogens (tertiary/aromatic N) is 5. The van der Waals surface area contributed by atoms with Crippen molar-refractivity contribution >= 4 is 17.9 Å². The molecular formula is C21H27N5O3. The van der Waals surface area contributed by atoms with Gasteiger partial charge < -0.3 is 14.5 Å². The minimum absolute atomic E-state index is 0.187. The summed E-state index contributed by atoms with van der Waals surface area (Å²) in [5, 5.41) is 0. The van der Waals surface area contributed by atoms with Crippen LogP contribution in [0.2, 0.25) is 0 Å². The standard InChI is InChI=1S/C21H27N5O3/c1-14-15(2)26-17-18(22-20(26)24(14)12-13-29-4)23(3)21(28)25(19(17)27)11-10-16-8-6-5-7-9-16/h5-9,17-18H,10-13H2,1-4H3.